The summed E-state index contributed by atoms with van der Waals surface area (Å²) in [6.07, 6.45) is -0.444. The highest BCUT2D eigenvalue weighted by Gasteiger charge is 2.28. The molecule has 0 aromatic carbocycles. The van der Waals surface area contributed by atoms with Crippen molar-refractivity contribution in [2.45, 2.75) is 38.6 Å². The highest BCUT2D eigenvalue weighted by atomic mass is 16.5. The topological polar surface area (TPSA) is 62.5 Å². The summed E-state index contributed by atoms with van der Waals surface area (Å²) >= 11 is 0. The molecule has 0 saturated carbocycles. The van der Waals surface area contributed by atoms with Gasteiger partial charge in [0.1, 0.15) is 6.10 Å². The minimum atomic E-state index is -0.548. The second-order valence-corrected chi connectivity index (χ2v) is 3.76. The Morgan fingerprint density at radius 3 is 2.71 bits per heavy atom. The number of nitrogens with zero attached hydrogens (tertiary/aromatic N) is 1. The van der Waals surface area contributed by atoms with Crippen LogP contribution in [0.5, 0.6) is 0 Å². The molecule has 1 aliphatic rings. The number of hydrogen-bond acceptors (Lipinski definition) is 4. The van der Waals surface area contributed by atoms with Crippen molar-refractivity contribution in [1.82, 2.24) is 0 Å². The first-order chi connectivity index (χ1) is 6.65. The lowest BCUT2D eigenvalue weighted by molar-refractivity contribution is -0.0603. The maximum Gasteiger partial charge on any atom is 0.149 e. The fourth-order valence-corrected chi connectivity index (χ4v) is 1.38. The molecule has 0 aliphatic carbocycles. The van der Waals surface area contributed by atoms with Crippen molar-refractivity contribution in [2.75, 3.05) is 13.2 Å². The Labute approximate surface area is 84.4 Å². The Kier molecular flexibility index (Phi) is 4.33. The normalized spacial score (nSPS) is 28.0. The van der Waals surface area contributed by atoms with Gasteiger partial charge in [-0.3, -0.25) is 0 Å². The van der Waals surface area contributed by atoms with Crippen molar-refractivity contribution in [2.24, 2.45) is 5.92 Å². The van der Waals surface area contributed by atoms with E-state index in [9.17, 15) is 5.11 Å². The monoisotopic (exact) mass is 199 g/mol. The first-order valence-electron chi connectivity index (χ1n) is 4.96. The maximum atomic E-state index is 9.24. The van der Waals surface area contributed by atoms with Gasteiger partial charge in [-0.15, -0.1) is 0 Å². The molecule has 1 saturated heterocycles. The predicted octanol–water partition coefficient (Wildman–Crippen LogP) is 0.701. The fourth-order valence-electron chi connectivity index (χ4n) is 1.38. The first kappa shape index (κ1) is 11.4. The first-order valence-corrected chi connectivity index (χ1v) is 4.96. The Balaban J connectivity index is 2.42. The molecular formula is C10H17NO3. The smallest absolute Gasteiger partial charge is 0.149 e. The quantitative estimate of drug-likeness (QED) is 0.724. The molecule has 4 nitrogen and oxygen atoms in total. The molecule has 0 bridgehead atoms. The van der Waals surface area contributed by atoms with Gasteiger partial charge in [0.05, 0.1) is 24.9 Å². The van der Waals surface area contributed by atoms with Crippen LogP contribution in [0, 0.1) is 17.2 Å². The number of hydrogen-bond donors (Lipinski definition) is 1. The zero-order valence-corrected chi connectivity index (χ0v) is 8.64. The van der Waals surface area contributed by atoms with Gasteiger partial charge in [-0.1, -0.05) is 0 Å². The Bertz CT molecular complexity index is 206. The summed E-state index contributed by atoms with van der Waals surface area (Å²) in [6.45, 7) is 4.72. The van der Waals surface area contributed by atoms with E-state index in [4.69, 9.17) is 14.7 Å². The van der Waals surface area contributed by atoms with Crippen LogP contribution < -0.4 is 0 Å². The van der Waals surface area contributed by atoms with E-state index in [1.807, 2.05) is 0 Å². The maximum absolute atomic E-state index is 9.24. The van der Waals surface area contributed by atoms with E-state index in [1.54, 1.807) is 13.8 Å². The lowest BCUT2D eigenvalue weighted by Gasteiger charge is -2.22. The number of rotatable bonds is 4. The van der Waals surface area contributed by atoms with Gasteiger partial charge in [0.15, 0.2) is 0 Å². The van der Waals surface area contributed by atoms with Gasteiger partial charge in [0.25, 0.3) is 0 Å². The molecule has 1 fully saturated rings. The van der Waals surface area contributed by atoms with Crippen LogP contribution in [0.3, 0.4) is 0 Å². The molecule has 1 heterocycles. The van der Waals surface area contributed by atoms with Crippen molar-refractivity contribution >= 4 is 0 Å². The van der Waals surface area contributed by atoms with Gasteiger partial charge >= 0.3 is 0 Å². The Morgan fingerprint density at radius 2 is 2.29 bits per heavy atom. The van der Waals surface area contributed by atoms with Gasteiger partial charge in [-0.05, 0) is 20.3 Å². The molecular weight excluding hydrogens is 182 g/mol. The summed E-state index contributed by atoms with van der Waals surface area (Å²) in [5.74, 6) is 0.154. The van der Waals surface area contributed by atoms with E-state index < -0.39 is 12.2 Å². The molecule has 1 N–H and O–H groups in total. The second-order valence-electron chi connectivity index (χ2n) is 3.76. The van der Waals surface area contributed by atoms with E-state index in [2.05, 4.69) is 6.07 Å². The van der Waals surface area contributed by atoms with Gasteiger partial charge in [0, 0.05) is 12.5 Å². The summed E-state index contributed by atoms with van der Waals surface area (Å²) in [5.41, 5.74) is 0. The third-order valence-electron chi connectivity index (χ3n) is 2.56. The van der Waals surface area contributed by atoms with Crippen LogP contribution >= 0.6 is 0 Å². The van der Waals surface area contributed by atoms with Crippen molar-refractivity contribution in [3.05, 3.63) is 0 Å². The number of aliphatic hydroxyl groups excluding tert-OH is 1. The molecule has 14 heavy (non-hydrogen) atoms. The summed E-state index contributed by atoms with van der Waals surface area (Å²) < 4.78 is 10.6. The largest absolute Gasteiger partial charge is 0.391 e. The average molecular weight is 199 g/mol. The minimum Gasteiger partial charge on any atom is -0.391 e. The van der Waals surface area contributed by atoms with Crippen LogP contribution in [0.15, 0.2) is 0 Å². The summed E-state index contributed by atoms with van der Waals surface area (Å²) in [4.78, 5) is 0. The van der Waals surface area contributed by atoms with E-state index in [0.29, 0.717) is 13.2 Å². The van der Waals surface area contributed by atoms with Crippen LogP contribution in [-0.4, -0.2) is 36.6 Å². The lowest BCUT2D eigenvalue weighted by atomic mass is 10.0. The van der Waals surface area contributed by atoms with Gasteiger partial charge in [0.2, 0.25) is 0 Å². The summed E-state index contributed by atoms with van der Waals surface area (Å²) in [7, 11) is 0. The zero-order chi connectivity index (χ0) is 10.6. The van der Waals surface area contributed by atoms with Crippen molar-refractivity contribution < 1.29 is 14.6 Å². The van der Waals surface area contributed by atoms with Crippen LogP contribution in [0.1, 0.15) is 20.3 Å². The Hall–Kier alpha value is -0.630. The fraction of sp³-hybridized carbons (Fsp3) is 0.900. The van der Waals surface area contributed by atoms with Crippen molar-refractivity contribution in [3.8, 4) is 6.07 Å². The molecule has 1 aliphatic heterocycles. The van der Waals surface area contributed by atoms with Gasteiger partial charge in [-0.25, -0.2) is 0 Å². The van der Waals surface area contributed by atoms with Gasteiger partial charge in [-0.2, -0.15) is 5.26 Å². The average Bonchev–Trinajstić information content (AvgIpc) is 2.66. The molecule has 0 aromatic heterocycles. The Morgan fingerprint density at radius 1 is 1.57 bits per heavy atom. The van der Waals surface area contributed by atoms with Gasteiger partial charge < -0.3 is 14.6 Å². The minimum absolute atomic E-state index is 0.154. The standard InChI is InChI=1S/C10H17NO3/c1-7(12)8(2)14-10(5-11)9-3-4-13-6-9/h7-10,12H,3-4,6H2,1-2H3. The summed E-state index contributed by atoms with van der Waals surface area (Å²) in [6, 6.07) is 2.12. The highest BCUT2D eigenvalue weighted by Crippen LogP contribution is 2.20. The molecule has 4 heteroatoms. The molecule has 0 radical (unpaired) electrons. The molecule has 1 rings (SSSR count). The highest BCUT2D eigenvalue weighted by molar-refractivity contribution is 4.92. The molecule has 4 atom stereocenters. The van der Waals surface area contributed by atoms with Crippen LogP contribution in [0.2, 0.25) is 0 Å². The second kappa shape index (κ2) is 5.30. The SMILES string of the molecule is CC(O)C(C)OC(C#N)C1CCOC1. The zero-order valence-electron chi connectivity index (χ0n) is 8.64. The van der Waals surface area contributed by atoms with Crippen LogP contribution in [0.4, 0.5) is 0 Å². The third kappa shape index (κ3) is 2.95. The van der Waals surface area contributed by atoms with Crippen molar-refractivity contribution in [3.63, 3.8) is 0 Å². The lowest BCUT2D eigenvalue weighted by Crippen LogP contribution is -2.32. The molecule has 0 spiro atoms. The van der Waals surface area contributed by atoms with E-state index >= 15 is 0 Å². The van der Waals surface area contributed by atoms with Crippen LogP contribution in [0.25, 0.3) is 0 Å². The molecule has 0 aromatic rings. The van der Waals surface area contributed by atoms with Crippen molar-refractivity contribution in [1.29, 1.82) is 5.26 Å². The van der Waals surface area contributed by atoms with E-state index in [-0.39, 0.29) is 12.0 Å². The third-order valence-corrected chi connectivity index (χ3v) is 2.56. The predicted molar refractivity (Wildman–Crippen MR) is 50.6 cm³/mol. The van der Waals surface area contributed by atoms with E-state index in [1.165, 1.54) is 0 Å². The molecule has 80 valence electrons. The van der Waals surface area contributed by atoms with Crippen LogP contribution in [-0.2, 0) is 9.47 Å². The number of aliphatic hydroxyl groups is 1. The summed E-state index contributed by atoms with van der Waals surface area (Å²) in [5, 5.41) is 18.1. The number of nitriles is 1. The molecule has 4 unspecified atom stereocenters. The van der Waals surface area contributed by atoms with E-state index in [0.717, 1.165) is 6.42 Å². The number of ether oxygens (including phenoxy) is 2. The molecule has 0 amide bonds.